The predicted molar refractivity (Wildman–Crippen MR) is 107 cm³/mol. The predicted octanol–water partition coefficient (Wildman–Crippen LogP) is 3.87. The number of rotatable bonds is 6. The van der Waals surface area contributed by atoms with Crippen molar-refractivity contribution in [1.82, 2.24) is 15.5 Å². The number of aromatic nitrogens is 2. The molecule has 0 bridgehead atoms. The molecule has 0 fully saturated rings. The third-order valence-corrected chi connectivity index (χ3v) is 4.36. The molecule has 0 aliphatic carbocycles. The van der Waals surface area contributed by atoms with Gasteiger partial charge in [-0.2, -0.15) is 10.4 Å². The smallest absolute Gasteiger partial charge is 0.262 e. The summed E-state index contributed by atoms with van der Waals surface area (Å²) in [5.74, 6) is 0.313. The Bertz CT molecular complexity index is 1010. The molecular weight excluding hydrogens is 352 g/mol. The van der Waals surface area contributed by atoms with E-state index in [0.717, 1.165) is 22.6 Å². The van der Waals surface area contributed by atoms with E-state index < -0.39 is 5.91 Å². The van der Waals surface area contributed by atoms with Gasteiger partial charge in [0, 0.05) is 11.1 Å². The van der Waals surface area contributed by atoms with Gasteiger partial charge in [0.05, 0.1) is 25.0 Å². The molecule has 1 amide bonds. The summed E-state index contributed by atoms with van der Waals surface area (Å²) in [6.45, 7) is 1.88. The quantitative estimate of drug-likeness (QED) is 0.508. The molecule has 1 atom stereocenters. The average molecular weight is 372 g/mol. The lowest BCUT2D eigenvalue weighted by Gasteiger charge is -2.13. The standard InChI is InChI=1S/C22H20N4O2/c1-15(16-6-4-3-5-7-16)25-22(27)18(13-23)12-19-14-24-26-21(19)17-8-10-20(28-2)11-9-17/h3-12,14-15H,1-2H3,(H,24,26)(H,25,27)/b18-12-/t15-/m1/s1. The molecule has 2 N–H and O–H groups in total. The van der Waals surface area contributed by atoms with E-state index in [-0.39, 0.29) is 11.6 Å². The highest BCUT2D eigenvalue weighted by molar-refractivity contribution is 6.02. The van der Waals surface area contributed by atoms with Crippen molar-refractivity contribution < 1.29 is 9.53 Å². The summed E-state index contributed by atoms with van der Waals surface area (Å²) in [5, 5.41) is 19.3. The summed E-state index contributed by atoms with van der Waals surface area (Å²) in [7, 11) is 1.60. The maximum Gasteiger partial charge on any atom is 0.262 e. The van der Waals surface area contributed by atoms with Crippen LogP contribution in [0.3, 0.4) is 0 Å². The van der Waals surface area contributed by atoms with E-state index in [1.54, 1.807) is 13.3 Å². The second-order valence-electron chi connectivity index (χ2n) is 6.20. The molecule has 6 nitrogen and oxygen atoms in total. The van der Waals surface area contributed by atoms with Gasteiger partial charge in [0.25, 0.3) is 5.91 Å². The Morgan fingerprint density at radius 3 is 2.57 bits per heavy atom. The molecular formula is C22H20N4O2. The van der Waals surface area contributed by atoms with Crippen molar-refractivity contribution in [2.24, 2.45) is 0 Å². The Kier molecular flexibility index (Phi) is 5.87. The van der Waals surface area contributed by atoms with E-state index in [0.29, 0.717) is 5.56 Å². The Balaban J connectivity index is 1.82. The Hall–Kier alpha value is -3.85. The molecule has 0 radical (unpaired) electrons. The summed E-state index contributed by atoms with van der Waals surface area (Å²) in [6, 6.07) is 18.8. The molecule has 140 valence electrons. The molecule has 0 spiro atoms. The summed E-state index contributed by atoms with van der Waals surface area (Å²) in [5.41, 5.74) is 3.23. The number of benzene rings is 2. The number of nitriles is 1. The molecule has 3 aromatic rings. The maximum absolute atomic E-state index is 12.6. The first-order valence-corrected chi connectivity index (χ1v) is 8.77. The van der Waals surface area contributed by atoms with E-state index >= 15 is 0 Å². The van der Waals surface area contributed by atoms with E-state index in [2.05, 4.69) is 15.5 Å². The minimum absolute atomic E-state index is 0.0129. The maximum atomic E-state index is 12.6. The summed E-state index contributed by atoms with van der Waals surface area (Å²) < 4.78 is 5.17. The van der Waals surface area contributed by atoms with Crippen LogP contribution in [0.15, 0.2) is 66.4 Å². The van der Waals surface area contributed by atoms with Crippen LogP contribution >= 0.6 is 0 Å². The summed E-state index contributed by atoms with van der Waals surface area (Å²) >= 11 is 0. The number of hydrogen-bond donors (Lipinski definition) is 2. The first kappa shape index (κ1) is 18.9. The fraction of sp³-hybridized carbons (Fsp3) is 0.136. The van der Waals surface area contributed by atoms with Crippen LogP contribution < -0.4 is 10.1 Å². The van der Waals surface area contributed by atoms with Crippen LogP contribution in [-0.4, -0.2) is 23.2 Å². The lowest BCUT2D eigenvalue weighted by Crippen LogP contribution is -2.27. The van der Waals surface area contributed by atoms with Gasteiger partial charge in [-0.15, -0.1) is 0 Å². The second-order valence-corrected chi connectivity index (χ2v) is 6.20. The van der Waals surface area contributed by atoms with Crippen LogP contribution in [0.2, 0.25) is 0 Å². The topological polar surface area (TPSA) is 90.8 Å². The Labute approximate surface area is 163 Å². The van der Waals surface area contributed by atoms with Crippen LogP contribution in [0, 0.1) is 11.3 Å². The molecule has 2 aromatic carbocycles. The number of hydrogen-bond acceptors (Lipinski definition) is 4. The van der Waals surface area contributed by atoms with E-state index in [1.165, 1.54) is 6.08 Å². The fourth-order valence-electron chi connectivity index (χ4n) is 2.80. The van der Waals surface area contributed by atoms with Gasteiger partial charge in [0.2, 0.25) is 0 Å². The van der Waals surface area contributed by atoms with Gasteiger partial charge in [0.1, 0.15) is 17.4 Å². The van der Waals surface area contributed by atoms with Crippen molar-refractivity contribution in [1.29, 1.82) is 5.26 Å². The van der Waals surface area contributed by atoms with Crippen molar-refractivity contribution >= 4 is 12.0 Å². The van der Waals surface area contributed by atoms with Crippen molar-refractivity contribution in [3.8, 4) is 23.1 Å². The van der Waals surface area contributed by atoms with Gasteiger partial charge in [0.15, 0.2) is 0 Å². The molecule has 1 heterocycles. The molecule has 0 unspecified atom stereocenters. The van der Waals surface area contributed by atoms with Gasteiger partial charge < -0.3 is 10.1 Å². The molecule has 28 heavy (non-hydrogen) atoms. The van der Waals surface area contributed by atoms with Crippen LogP contribution in [0.4, 0.5) is 0 Å². The Morgan fingerprint density at radius 1 is 1.21 bits per heavy atom. The van der Waals surface area contributed by atoms with Crippen molar-refractivity contribution in [3.05, 3.63) is 77.5 Å². The van der Waals surface area contributed by atoms with Crippen LogP contribution in [-0.2, 0) is 4.79 Å². The van der Waals surface area contributed by atoms with Crippen LogP contribution in [0.5, 0.6) is 5.75 Å². The highest BCUT2D eigenvalue weighted by atomic mass is 16.5. The molecule has 1 aromatic heterocycles. The number of H-pyrrole nitrogens is 1. The molecule has 6 heteroatoms. The number of aromatic amines is 1. The van der Waals surface area contributed by atoms with Crippen molar-refractivity contribution in [2.45, 2.75) is 13.0 Å². The third kappa shape index (κ3) is 4.27. The van der Waals surface area contributed by atoms with E-state index in [9.17, 15) is 10.1 Å². The zero-order valence-electron chi connectivity index (χ0n) is 15.6. The Morgan fingerprint density at radius 2 is 1.93 bits per heavy atom. The van der Waals surface area contributed by atoms with Crippen LogP contribution in [0.25, 0.3) is 17.3 Å². The minimum atomic E-state index is -0.430. The third-order valence-electron chi connectivity index (χ3n) is 4.36. The van der Waals surface area contributed by atoms with Gasteiger partial charge in [-0.3, -0.25) is 9.89 Å². The van der Waals surface area contributed by atoms with Gasteiger partial charge in [-0.25, -0.2) is 0 Å². The van der Waals surface area contributed by atoms with E-state index in [4.69, 9.17) is 4.74 Å². The van der Waals surface area contributed by atoms with Crippen molar-refractivity contribution in [2.75, 3.05) is 7.11 Å². The minimum Gasteiger partial charge on any atom is -0.497 e. The van der Waals surface area contributed by atoms with Gasteiger partial charge >= 0.3 is 0 Å². The monoisotopic (exact) mass is 372 g/mol. The first-order valence-electron chi connectivity index (χ1n) is 8.77. The van der Waals surface area contributed by atoms with Crippen molar-refractivity contribution in [3.63, 3.8) is 0 Å². The number of methoxy groups -OCH3 is 1. The molecule has 0 aliphatic rings. The first-order chi connectivity index (χ1) is 13.6. The van der Waals surface area contributed by atoms with Gasteiger partial charge in [-0.1, -0.05) is 30.3 Å². The summed E-state index contributed by atoms with van der Waals surface area (Å²) in [6.07, 6.45) is 3.13. The largest absolute Gasteiger partial charge is 0.497 e. The average Bonchev–Trinajstić information content (AvgIpc) is 3.20. The fourth-order valence-corrected chi connectivity index (χ4v) is 2.80. The van der Waals surface area contributed by atoms with Crippen LogP contribution in [0.1, 0.15) is 24.1 Å². The summed E-state index contributed by atoms with van der Waals surface area (Å²) in [4.78, 5) is 12.6. The molecule has 3 rings (SSSR count). The molecule has 0 aliphatic heterocycles. The highest BCUT2D eigenvalue weighted by Crippen LogP contribution is 2.25. The van der Waals surface area contributed by atoms with Gasteiger partial charge in [-0.05, 0) is 42.8 Å². The highest BCUT2D eigenvalue weighted by Gasteiger charge is 2.15. The number of amides is 1. The zero-order chi connectivity index (χ0) is 19.9. The SMILES string of the molecule is COc1ccc(-c2[nH]ncc2/C=C(/C#N)C(=O)N[C@H](C)c2ccccc2)cc1. The number of ether oxygens (including phenoxy) is 1. The zero-order valence-corrected chi connectivity index (χ0v) is 15.6. The molecule has 0 saturated heterocycles. The van der Waals surface area contributed by atoms with E-state index in [1.807, 2.05) is 67.6 Å². The molecule has 0 saturated carbocycles. The lowest BCUT2D eigenvalue weighted by atomic mass is 10.0. The number of nitrogens with one attached hydrogen (secondary N) is 2. The number of carbonyl (C=O) groups excluding carboxylic acids is 1. The normalized spacial score (nSPS) is 12.1. The lowest BCUT2D eigenvalue weighted by molar-refractivity contribution is -0.117. The number of nitrogens with zero attached hydrogens (tertiary/aromatic N) is 2. The second kappa shape index (κ2) is 8.69. The number of carbonyl (C=O) groups is 1.